The highest BCUT2D eigenvalue weighted by Gasteiger charge is 2.30. The summed E-state index contributed by atoms with van der Waals surface area (Å²) in [4.78, 5) is 25.7. The van der Waals surface area contributed by atoms with Crippen LogP contribution in [-0.2, 0) is 6.61 Å². The van der Waals surface area contributed by atoms with Crippen LogP contribution in [-0.4, -0.2) is 34.8 Å². The van der Waals surface area contributed by atoms with Crippen LogP contribution in [0.1, 0.15) is 51.4 Å². The first kappa shape index (κ1) is 19.8. The maximum absolute atomic E-state index is 14.0. The molecule has 1 aliphatic heterocycles. The molecule has 1 saturated heterocycles. The van der Waals surface area contributed by atoms with E-state index in [9.17, 15) is 14.0 Å². The van der Waals surface area contributed by atoms with Crippen LogP contribution < -0.4 is 4.74 Å². The normalized spacial score (nSPS) is 15.9. The zero-order valence-electron chi connectivity index (χ0n) is 16.5. The number of ether oxygens (including phenoxy) is 1. The van der Waals surface area contributed by atoms with Crippen LogP contribution in [0.4, 0.5) is 4.39 Å². The van der Waals surface area contributed by atoms with E-state index in [0.717, 1.165) is 0 Å². The number of hydrogen-bond acceptors (Lipinski definition) is 5. The Balaban J connectivity index is 1.35. The molecule has 1 fully saturated rings. The molecule has 0 radical (unpaired) electrons. The van der Waals surface area contributed by atoms with E-state index in [2.05, 4.69) is 5.16 Å². The van der Waals surface area contributed by atoms with Gasteiger partial charge in [-0.15, -0.1) is 0 Å². The minimum atomic E-state index is -0.242. The molecule has 0 spiro atoms. The molecule has 1 atom stereocenters. The zero-order valence-corrected chi connectivity index (χ0v) is 16.5. The highest BCUT2D eigenvalue weighted by Crippen LogP contribution is 2.29. The smallest absolute Gasteiger partial charge is 0.276 e. The molecule has 30 heavy (non-hydrogen) atoms. The molecule has 3 aromatic rings. The molecule has 2 aromatic carbocycles. The largest absolute Gasteiger partial charge is 0.486 e. The Bertz CT molecular complexity index is 1060. The van der Waals surface area contributed by atoms with Crippen molar-refractivity contribution in [3.63, 3.8) is 0 Å². The lowest BCUT2D eigenvalue weighted by molar-refractivity contribution is 0.0779. The van der Waals surface area contributed by atoms with Crippen LogP contribution >= 0.6 is 0 Å². The number of hydrogen-bond donors (Lipinski definition) is 0. The van der Waals surface area contributed by atoms with Crippen LogP contribution in [0.5, 0.6) is 5.75 Å². The van der Waals surface area contributed by atoms with Crippen LogP contribution in [0.2, 0.25) is 0 Å². The van der Waals surface area contributed by atoms with Crippen LogP contribution in [0.25, 0.3) is 0 Å². The predicted octanol–water partition coefficient (Wildman–Crippen LogP) is 4.23. The Morgan fingerprint density at radius 3 is 2.70 bits per heavy atom. The molecule has 4 rings (SSSR count). The van der Waals surface area contributed by atoms with Crippen molar-refractivity contribution in [2.45, 2.75) is 25.9 Å². The molecule has 2 heterocycles. The second-order valence-electron chi connectivity index (χ2n) is 7.31. The van der Waals surface area contributed by atoms with Gasteiger partial charge >= 0.3 is 0 Å². The van der Waals surface area contributed by atoms with Crippen molar-refractivity contribution in [3.05, 3.63) is 83.0 Å². The van der Waals surface area contributed by atoms with Crippen molar-refractivity contribution in [3.8, 4) is 5.75 Å². The van der Waals surface area contributed by atoms with Gasteiger partial charge < -0.3 is 14.2 Å². The standard InChI is InChI=1S/C23H21FN2O4/c1-15(27)16-6-8-18(9-7-16)29-14-19-12-22(25-30-19)23(28)26-11-10-17(13-26)20-4-2-3-5-21(20)24/h2-9,12,17H,10-11,13-14H2,1H3. The summed E-state index contributed by atoms with van der Waals surface area (Å²) in [6, 6.07) is 15.0. The summed E-state index contributed by atoms with van der Waals surface area (Å²) in [5.41, 5.74) is 1.45. The van der Waals surface area contributed by atoms with Crippen molar-refractivity contribution < 1.29 is 23.2 Å². The number of halogens is 1. The molecule has 0 N–H and O–H groups in total. The molecule has 1 amide bonds. The van der Waals surface area contributed by atoms with E-state index in [1.807, 2.05) is 0 Å². The van der Waals surface area contributed by atoms with Crippen molar-refractivity contribution in [2.24, 2.45) is 0 Å². The van der Waals surface area contributed by atoms with Gasteiger partial charge in [0.2, 0.25) is 0 Å². The van der Waals surface area contributed by atoms with Gasteiger partial charge in [-0.2, -0.15) is 0 Å². The number of carbonyl (C=O) groups excluding carboxylic acids is 2. The molecule has 1 aliphatic rings. The highest BCUT2D eigenvalue weighted by molar-refractivity contribution is 5.94. The molecule has 0 saturated carbocycles. The maximum Gasteiger partial charge on any atom is 0.276 e. The van der Waals surface area contributed by atoms with Crippen molar-refractivity contribution in [2.75, 3.05) is 13.1 Å². The van der Waals surface area contributed by atoms with E-state index in [4.69, 9.17) is 9.26 Å². The molecule has 1 unspecified atom stereocenters. The van der Waals surface area contributed by atoms with Gasteiger partial charge in [0.1, 0.15) is 18.2 Å². The number of nitrogens with zero attached hydrogens (tertiary/aromatic N) is 2. The zero-order chi connectivity index (χ0) is 21.1. The summed E-state index contributed by atoms with van der Waals surface area (Å²) < 4.78 is 24.9. The van der Waals surface area contributed by atoms with Gasteiger partial charge in [-0.05, 0) is 49.2 Å². The number of Topliss-reactive ketones (excluding diaryl/α,β-unsaturated/α-hetero) is 1. The summed E-state index contributed by atoms with van der Waals surface area (Å²) >= 11 is 0. The predicted molar refractivity (Wildman–Crippen MR) is 107 cm³/mol. The first-order valence-electron chi connectivity index (χ1n) is 9.74. The quantitative estimate of drug-likeness (QED) is 0.571. The number of rotatable bonds is 6. The average molecular weight is 408 g/mol. The van der Waals surface area contributed by atoms with Gasteiger partial charge in [-0.3, -0.25) is 9.59 Å². The molecule has 7 heteroatoms. The van der Waals surface area contributed by atoms with E-state index in [1.165, 1.54) is 13.0 Å². The number of ketones is 1. The molecule has 0 bridgehead atoms. The summed E-state index contributed by atoms with van der Waals surface area (Å²) in [6.07, 6.45) is 0.705. The number of aromatic nitrogens is 1. The Kier molecular flexibility index (Phi) is 5.61. The molecule has 6 nitrogen and oxygen atoms in total. The SMILES string of the molecule is CC(=O)c1ccc(OCc2cc(C(=O)N3CCC(c4ccccc4F)C3)no2)cc1. The molecule has 1 aromatic heterocycles. The Labute approximate surface area is 173 Å². The fraction of sp³-hybridized carbons (Fsp3) is 0.261. The van der Waals surface area contributed by atoms with Gasteiger partial charge in [-0.25, -0.2) is 4.39 Å². The van der Waals surface area contributed by atoms with Gasteiger partial charge in [0.25, 0.3) is 5.91 Å². The first-order chi connectivity index (χ1) is 14.5. The second kappa shape index (κ2) is 8.49. The van der Waals surface area contributed by atoms with E-state index in [-0.39, 0.29) is 35.7 Å². The lowest BCUT2D eigenvalue weighted by Crippen LogP contribution is -2.28. The van der Waals surface area contributed by atoms with Crippen LogP contribution in [0.15, 0.2) is 59.1 Å². The maximum atomic E-state index is 14.0. The van der Waals surface area contributed by atoms with Crippen molar-refractivity contribution in [1.82, 2.24) is 10.1 Å². The summed E-state index contributed by atoms with van der Waals surface area (Å²) in [5.74, 6) is 0.473. The average Bonchev–Trinajstić information content (AvgIpc) is 3.42. The van der Waals surface area contributed by atoms with Crippen LogP contribution in [0, 0.1) is 5.82 Å². The van der Waals surface area contributed by atoms with Gasteiger partial charge in [-0.1, -0.05) is 23.4 Å². The monoisotopic (exact) mass is 408 g/mol. The third-order valence-electron chi connectivity index (χ3n) is 5.24. The fourth-order valence-corrected chi connectivity index (χ4v) is 3.59. The number of likely N-dealkylation sites (tertiary alicyclic amines) is 1. The van der Waals surface area contributed by atoms with E-state index in [0.29, 0.717) is 42.1 Å². The number of carbonyl (C=O) groups is 2. The first-order valence-corrected chi connectivity index (χ1v) is 9.74. The Morgan fingerprint density at radius 2 is 1.97 bits per heavy atom. The third kappa shape index (κ3) is 4.25. The summed E-state index contributed by atoms with van der Waals surface area (Å²) in [7, 11) is 0. The minimum Gasteiger partial charge on any atom is -0.486 e. The number of benzene rings is 2. The van der Waals surface area contributed by atoms with Gasteiger partial charge in [0.05, 0.1) is 0 Å². The van der Waals surface area contributed by atoms with E-state index < -0.39 is 0 Å². The summed E-state index contributed by atoms with van der Waals surface area (Å²) in [5, 5.41) is 3.86. The Hall–Kier alpha value is -3.48. The van der Waals surface area contributed by atoms with Crippen LogP contribution in [0.3, 0.4) is 0 Å². The third-order valence-corrected chi connectivity index (χ3v) is 5.24. The lowest BCUT2D eigenvalue weighted by atomic mass is 9.98. The lowest BCUT2D eigenvalue weighted by Gasteiger charge is -2.15. The van der Waals surface area contributed by atoms with Gasteiger partial charge in [0.15, 0.2) is 17.2 Å². The molecular formula is C23H21FN2O4. The topological polar surface area (TPSA) is 72.6 Å². The molecule has 154 valence electrons. The summed E-state index contributed by atoms with van der Waals surface area (Å²) in [6.45, 7) is 2.60. The second-order valence-corrected chi connectivity index (χ2v) is 7.31. The minimum absolute atomic E-state index is 0.0147. The van der Waals surface area contributed by atoms with E-state index >= 15 is 0 Å². The van der Waals surface area contributed by atoms with Crippen molar-refractivity contribution in [1.29, 1.82) is 0 Å². The van der Waals surface area contributed by atoms with E-state index in [1.54, 1.807) is 53.4 Å². The molecule has 0 aliphatic carbocycles. The Morgan fingerprint density at radius 1 is 1.20 bits per heavy atom. The van der Waals surface area contributed by atoms with Gasteiger partial charge in [0, 0.05) is 30.6 Å². The highest BCUT2D eigenvalue weighted by atomic mass is 19.1. The molecular weight excluding hydrogens is 387 g/mol. The number of amides is 1. The fourth-order valence-electron chi connectivity index (χ4n) is 3.59. The van der Waals surface area contributed by atoms with Crippen molar-refractivity contribution >= 4 is 11.7 Å².